The summed E-state index contributed by atoms with van der Waals surface area (Å²) in [5, 5.41) is 10.6. The highest BCUT2D eigenvalue weighted by atomic mass is 31.2. The molecule has 0 aliphatic carbocycles. The summed E-state index contributed by atoms with van der Waals surface area (Å²) in [5.41, 5.74) is 0. The third-order valence-electron chi connectivity index (χ3n) is 16.8. The maximum Gasteiger partial charge on any atom is 0.472 e. The molecule has 0 aromatic heterocycles. The Hall–Kier alpha value is -2.46. The lowest BCUT2D eigenvalue weighted by Crippen LogP contribution is -2.30. The molecule has 92 heavy (non-hydrogen) atoms. The number of phosphoric ester groups is 2. The third kappa shape index (κ3) is 64.9. The Morgan fingerprint density at radius 3 is 0.924 bits per heavy atom. The average molecular weight is 1350 g/mol. The number of rotatable bonds is 71. The lowest BCUT2D eigenvalue weighted by Gasteiger charge is -2.21. The molecule has 0 fully saturated rings. The zero-order valence-electron chi connectivity index (χ0n) is 59.2. The van der Waals surface area contributed by atoms with E-state index in [9.17, 15) is 43.2 Å². The fourth-order valence-corrected chi connectivity index (χ4v) is 12.2. The quantitative estimate of drug-likeness (QED) is 0.0169. The Kier molecular flexibility index (Phi) is 64.0. The highest BCUT2D eigenvalue weighted by molar-refractivity contribution is 7.47. The zero-order valence-corrected chi connectivity index (χ0v) is 61.0. The van der Waals surface area contributed by atoms with Crippen LogP contribution >= 0.6 is 15.6 Å². The lowest BCUT2D eigenvalue weighted by atomic mass is 10.00. The molecule has 0 aliphatic heterocycles. The van der Waals surface area contributed by atoms with Crippen molar-refractivity contribution >= 4 is 39.5 Å². The first-order valence-electron chi connectivity index (χ1n) is 37.5. The van der Waals surface area contributed by atoms with Gasteiger partial charge in [-0.15, -0.1) is 0 Å². The molecule has 0 bridgehead atoms. The van der Waals surface area contributed by atoms with E-state index in [4.69, 9.17) is 37.0 Å². The van der Waals surface area contributed by atoms with Crippen LogP contribution in [0.3, 0.4) is 0 Å². The number of hydrogen-bond acceptors (Lipinski definition) is 15. The van der Waals surface area contributed by atoms with Crippen molar-refractivity contribution in [1.29, 1.82) is 0 Å². The molecule has 3 N–H and O–H groups in total. The molecule has 0 heterocycles. The number of phosphoric acid groups is 2. The van der Waals surface area contributed by atoms with Crippen molar-refractivity contribution in [2.45, 2.75) is 374 Å². The SMILES string of the molecule is CCCCCC/C=C\C=C/CCCCCCCC(=O)OC[C@H](COP(=O)(O)OC[C@@H](O)COP(=O)(O)OC[C@@H](COC(=O)CCCCCCC)OC(=O)CCCCCCCCC(C)CC)OC(=O)CCCCCCCCCCCCCCCCCCCCCCCC. The first-order chi connectivity index (χ1) is 44.6. The number of allylic oxidation sites excluding steroid dienone is 4. The summed E-state index contributed by atoms with van der Waals surface area (Å²) in [6.45, 7) is 7.05. The van der Waals surface area contributed by atoms with Crippen molar-refractivity contribution in [3.63, 3.8) is 0 Å². The van der Waals surface area contributed by atoms with Gasteiger partial charge in [0, 0.05) is 25.7 Å². The second-order valence-electron chi connectivity index (χ2n) is 25.9. The highest BCUT2D eigenvalue weighted by Gasteiger charge is 2.30. The zero-order chi connectivity index (χ0) is 67.7. The molecule has 3 unspecified atom stereocenters. The van der Waals surface area contributed by atoms with Crippen LogP contribution in [0.2, 0.25) is 0 Å². The first kappa shape index (κ1) is 89.5. The molecule has 0 aromatic carbocycles. The van der Waals surface area contributed by atoms with E-state index in [-0.39, 0.29) is 25.7 Å². The van der Waals surface area contributed by atoms with E-state index in [0.29, 0.717) is 25.7 Å². The molecule has 0 rings (SSSR count). The van der Waals surface area contributed by atoms with E-state index in [1.807, 2.05) is 0 Å². The normalized spacial score (nSPS) is 14.5. The molecule has 17 nitrogen and oxygen atoms in total. The van der Waals surface area contributed by atoms with Crippen LogP contribution in [0.15, 0.2) is 24.3 Å². The second kappa shape index (κ2) is 65.8. The van der Waals surface area contributed by atoms with Gasteiger partial charge in [0.05, 0.1) is 26.4 Å². The molecular formula is C73H138O17P2. The number of aliphatic hydroxyl groups is 1. The maximum absolute atomic E-state index is 13.1. The molecule has 19 heteroatoms. The van der Waals surface area contributed by atoms with Crippen LogP contribution in [-0.4, -0.2) is 96.7 Å². The number of esters is 4. The molecule has 0 aromatic rings. The van der Waals surface area contributed by atoms with Crippen LogP contribution < -0.4 is 0 Å². The molecule has 0 saturated heterocycles. The second-order valence-corrected chi connectivity index (χ2v) is 28.8. The van der Waals surface area contributed by atoms with Gasteiger partial charge in [-0.3, -0.25) is 37.3 Å². The van der Waals surface area contributed by atoms with Gasteiger partial charge in [-0.1, -0.05) is 303 Å². The molecule has 0 aliphatic rings. The van der Waals surface area contributed by atoms with Gasteiger partial charge in [0.2, 0.25) is 0 Å². The maximum atomic E-state index is 13.1. The largest absolute Gasteiger partial charge is 0.472 e. The standard InChI is InChI=1S/C73H138O17P2/c1-6-10-13-16-18-20-22-24-26-27-28-29-30-31-32-34-36-38-40-42-48-53-58-72(77)89-69(63-84-71(76)57-52-47-41-39-37-35-33-25-23-21-19-17-14-11-7-2)65-88-92(81,82)86-61-67(74)60-85-91(79,80)87-64-68(62-83-70(75)56-51-45-15-12-8-3)90-73(78)59-54-49-44-43-46-50-55-66(5)9-4/h21,23,25,33,66-69,74H,6-20,22,24,26-32,34-65H2,1-5H3,(H,79,80)(H,81,82)/b23-21-,33-25-/t66?,67-,68+,69+/m0/s1. The highest BCUT2D eigenvalue weighted by Crippen LogP contribution is 2.45. The van der Waals surface area contributed by atoms with Gasteiger partial charge in [-0.25, -0.2) is 9.13 Å². The van der Waals surface area contributed by atoms with E-state index in [1.165, 1.54) is 154 Å². The summed E-state index contributed by atoms with van der Waals surface area (Å²) in [6, 6.07) is 0. The average Bonchev–Trinajstić information content (AvgIpc) is 3.36. The minimum atomic E-state index is -4.96. The van der Waals surface area contributed by atoms with Gasteiger partial charge in [0.1, 0.15) is 19.3 Å². The fraction of sp³-hybridized carbons (Fsp3) is 0.890. The van der Waals surface area contributed by atoms with Crippen LogP contribution in [0.5, 0.6) is 0 Å². The number of carbonyl (C=O) groups is 4. The Balaban J connectivity index is 5.14. The minimum Gasteiger partial charge on any atom is -0.462 e. The summed E-state index contributed by atoms with van der Waals surface area (Å²) in [4.78, 5) is 72.3. The van der Waals surface area contributed by atoms with Gasteiger partial charge in [0.25, 0.3) is 0 Å². The predicted octanol–water partition coefficient (Wildman–Crippen LogP) is 20.9. The first-order valence-corrected chi connectivity index (χ1v) is 40.5. The summed E-state index contributed by atoms with van der Waals surface area (Å²) >= 11 is 0. The van der Waals surface area contributed by atoms with Gasteiger partial charge in [-0.05, 0) is 57.3 Å². The molecule has 6 atom stereocenters. The molecule has 0 amide bonds. The van der Waals surface area contributed by atoms with Crippen LogP contribution in [0, 0.1) is 5.92 Å². The molecule has 542 valence electrons. The van der Waals surface area contributed by atoms with Gasteiger partial charge in [0.15, 0.2) is 12.2 Å². The van der Waals surface area contributed by atoms with E-state index < -0.39 is 97.5 Å². The van der Waals surface area contributed by atoms with Crippen molar-refractivity contribution < 1.29 is 80.2 Å². The monoisotopic (exact) mass is 1350 g/mol. The van der Waals surface area contributed by atoms with Crippen molar-refractivity contribution in [2.75, 3.05) is 39.6 Å². The number of ether oxygens (including phenoxy) is 4. The number of carbonyl (C=O) groups excluding carboxylic acids is 4. The van der Waals surface area contributed by atoms with Crippen molar-refractivity contribution in [3.8, 4) is 0 Å². The van der Waals surface area contributed by atoms with E-state index in [2.05, 4.69) is 58.9 Å². The Bertz CT molecular complexity index is 1870. The summed E-state index contributed by atoms with van der Waals surface area (Å²) < 4.78 is 68.1. The Labute approximate surface area is 561 Å². The predicted molar refractivity (Wildman–Crippen MR) is 372 cm³/mol. The van der Waals surface area contributed by atoms with Gasteiger partial charge >= 0.3 is 39.5 Å². The fourth-order valence-electron chi connectivity index (χ4n) is 10.6. The number of hydrogen-bond donors (Lipinski definition) is 3. The van der Waals surface area contributed by atoms with Crippen molar-refractivity contribution in [2.24, 2.45) is 5.92 Å². The van der Waals surface area contributed by atoms with Gasteiger partial charge in [-0.2, -0.15) is 0 Å². The Morgan fingerprint density at radius 1 is 0.348 bits per heavy atom. The van der Waals surface area contributed by atoms with Crippen LogP contribution in [0.25, 0.3) is 0 Å². The lowest BCUT2D eigenvalue weighted by molar-refractivity contribution is -0.161. The van der Waals surface area contributed by atoms with Crippen molar-refractivity contribution in [1.82, 2.24) is 0 Å². The van der Waals surface area contributed by atoms with Gasteiger partial charge < -0.3 is 33.8 Å². The van der Waals surface area contributed by atoms with Crippen LogP contribution in [-0.2, 0) is 65.4 Å². The molecule has 0 spiro atoms. The van der Waals surface area contributed by atoms with E-state index in [1.54, 1.807) is 0 Å². The van der Waals surface area contributed by atoms with Crippen LogP contribution in [0.4, 0.5) is 0 Å². The van der Waals surface area contributed by atoms with Crippen molar-refractivity contribution in [3.05, 3.63) is 24.3 Å². The van der Waals surface area contributed by atoms with E-state index in [0.717, 1.165) is 121 Å². The summed E-state index contributed by atoms with van der Waals surface area (Å²) in [5.74, 6) is -1.45. The summed E-state index contributed by atoms with van der Waals surface area (Å²) in [7, 11) is -9.90. The molecule has 0 radical (unpaired) electrons. The summed E-state index contributed by atoms with van der Waals surface area (Å²) in [6.07, 6.45) is 57.0. The minimum absolute atomic E-state index is 0.0999. The molecular weight excluding hydrogens is 1210 g/mol. The topological polar surface area (TPSA) is 237 Å². The third-order valence-corrected chi connectivity index (χ3v) is 18.7. The van der Waals surface area contributed by atoms with Crippen LogP contribution in [0.1, 0.15) is 356 Å². The number of unbranched alkanes of at least 4 members (excludes halogenated alkanes) is 39. The number of aliphatic hydroxyl groups excluding tert-OH is 1. The van der Waals surface area contributed by atoms with E-state index >= 15 is 0 Å². The Morgan fingerprint density at radius 2 is 0.609 bits per heavy atom. The smallest absolute Gasteiger partial charge is 0.462 e. The molecule has 0 saturated carbocycles.